The zero-order valence-electron chi connectivity index (χ0n) is 8.34. The summed E-state index contributed by atoms with van der Waals surface area (Å²) < 4.78 is 0.721. The van der Waals surface area contributed by atoms with Crippen LogP contribution in [0.2, 0.25) is 4.34 Å². The van der Waals surface area contributed by atoms with Gasteiger partial charge in [-0.3, -0.25) is 4.79 Å². The Morgan fingerprint density at radius 2 is 2.21 bits per heavy atom. The van der Waals surface area contributed by atoms with Crippen LogP contribution in [-0.2, 0) is 11.2 Å². The molecule has 1 rings (SSSR count). The van der Waals surface area contributed by atoms with E-state index in [1.165, 1.54) is 11.3 Å². The maximum atomic E-state index is 11.8. The summed E-state index contributed by atoms with van der Waals surface area (Å²) in [6.45, 7) is 4.11. The number of ketones is 1. The Bertz CT molecular complexity index is 333. The highest BCUT2D eigenvalue weighted by Crippen LogP contribution is 2.25. The minimum atomic E-state index is -0.434. The summed E-state index contributed by atoms with van der Waals surface area (Å²) in [5.74, 6) is 0.165. The van der Waals surface area contributed by atoms with Crippen LogP contribution in [0.1, 0.15) is 18.7 Å². The highest BCUT2D eigenvalue weighted by Gasteiger charge is 2.25. The second kappa shape index (κ2) is 4.43. The molecular formula is C10H14ClNOS. The summed E-state index contributed by atoms with van der Waals surface area (Å²) >= 11 is 7.22. The predicted octanol–water partition coefficient (Wildman–Crippen LogP) is 2.50. The molecule has 0 aromatic carbocycles. The first-order chi connectivity index (χ1) is 6.45. The van der Waals surface area contributed by atoms with Gasteiger partial charge in [-0.25, -0.2) is 0 Å². The van der Waals surface area contributed by atoms with Crippen molar-refractivity contribution in [2.24, 2.45) is 11.1 Å². The SMILES string of the molecule is CC(C)(CN)C(=O)Cc1ccc(Cl)s1. The van der Waals surface area contributed by atoms with Gasteiger partial charge >= 0.3 is 0 Å². The first-order valence-corrected chi connectivity index (χ1v) is 5.63. The number of hydrogen-bond donors (Lipinski definition) is 1. The molecular weight excluding hydrogens is 218 g/mol. The number of Topliss-reactive ketones (excluding diaryl/α,β-unsaturated/α-hetero) is 1. The van der Waals surface area contributed by atoms with Crippen LogP contribution >= 0.6 is 22.9 Å². The predicted molar refractivity (Wildman–Crippen MR) is 60.9 cm³/mol. The second-order valence-electron chi connectivity index (χ2n) is 3.89. The van der Waals surface area contributed by atoms with Crippen LogP contribution < -0.4 is 5.73 Å². The molecule has 0 saturated carbocycles. The van der Waals surface area contributed by atoms with Crippen molar-refractivity contribution in [1.29, 1.82) is 0 Å². The first kappa shape index (κ1) is 11.7. The summed E-state index contributed by atoms with van der Waals surface area (Å²) in [7, 11) is 0. The van der Waals surface area contributed by atoms with Gasteiger partial charge in [0, 0.05) is 23.3 Å². The molecule has 1 aromatic rings. The lowest BCUT2D eigenvalue weighted by molar-refractivity contribution is -0.125. The third kappa shape index (κ3) is 2.80. The van der Waals surface area contributed by atoms with Crippen LogP contribution in [0.4, 0.5) is 0 Å². The topological polar surface area (TPSA) is 43.1 Å². The number of halogens is 1. The van der Waals surface area contributed by atoms with Crippen LogP contribution in [0, 0.1) is 5.41 Å². The Hall–Kier alpha value is -0.380. The Balaban J connectivity index is 2.66. The molecule has 0 spiro atoms. The second-order valence-corrected chi connectivity index (χ2v) is 5.69. The Kier molecular flexibility index (Phi) is 3.70. The van der Waals surface area contributed by atoms with Gasteiger partial charge in [-0.1, -0.05) is 25.4 Å². The van der Waals surface area contributed by atoms with E-state index in [1.54, 1.807) is 0 Å². The van der Waals surface area contributed by atoms with Crippen LogP contribution in [-0.4, -0.2) is 12.3 Å². The quantitative estimate of drug-likeness (QED) is 0.865. The van der Waals surface area contributed by atoms with Gasteiger partial charge in [0.1, 0.15) is 5.78 Å². The molecule has 1 aromatic heterocycles. The molecule has 4 heteroatoms. The average Bonchev–Trinajstić information content (AvgIpc) is 2.51. The van der Waals surface area contributed by atoms with E-state index in [2.05, 4.69) is 0 Å². The molecule has 0 aliphatic rings. The normalized spacial score (nSPS) is 11.7. The largest absolute Gasteiger partial charge is 0.329 e. The molecule has 2 N–H and O–H groups in total. The lowest BCUT2D eigenvalue weighted by Gasteiger charge is -2.19. The van der Waals surface area contributed by atoms with Crippen LogP contribution in [0.5, 0.6) is 0 Å². The van der Waals surface area contributed by atoms with E-state index in [4.69, 9.17) is 17.3 Å². The molecule has 0 amide bonds. The van der Waals surface area contributed by atoms with E-state index in [-0.39, 0.29) is 5.78 Å². The average molecular weight is 232 g/mol. The van der Waals surface area contributed by atoms with Crippen molar-refractivity contribution in [2.45, 2.75) is 20.3 Å². The van der Waals surface area contributed by atoms with Gasteiger partial charge in [-0.2, -0.15) is 0 Å². The number of rotatable bonds is 4. The summed E-state index contributed by atoms with van der Waals surface area (Å²) in [5, 5.41) is 0. The summed E-state index contributed by atoms with van der Waals surface area (Å²) in [6.07, 6.45) is 0.432. The van der Waals surface area contributed by atoms with Crippen molar-refractivity contribution >= 4 is 28.7 Å². The maximum Gasteiger partial charge on any atom is 0.144 e. The molecule has 0 atom stereocenters. The van der Waals surface area contributed by atoms with Gasteiger partial charge in [0.25, 0.3) is 0 Å². The van der Waals surface area contributed by atoms with E-state index in [0.29, 0.717) is 13.0 Å². The standard InChI is InChI=1S/C10H14ClNOS/c1-10(2,6-12)8(13)5-7-3-4-9(11)14-7/h3-4H,5-6,12H2,1-2H3. The van der Waals surface area contributed by atoms with Gasteiger partial charge in [0.2, 0.25) is 0 Å². The molecule has 78 valence electrons. The van der Waals surface area contributed by atoms with E-state index >= 15 is 0 Å². The van der Waals surface area contributed by atoms with E-state index in [9.17, 15) is 4.79 Å². The third-order valence-corrected chi connectivity index (χ3v) is 3.46. The Morgan fingerprint density at radius 3 is 2.64 bits per heavy atom. The fourth-order valence-electron chi connectivity index (χ4n) is 0.958. The van der Waals surface area contributed by atoms with Gasteiger partial charge < -0.3 is 5.73 Å². The van der Waals surface area contributed by atoms with Crippen molar-refractivity contribution in [3.05, 3.63) is 21.3 Å². The Morgan fingerprint density at radius 1 is 1.57 bits per heavy atom. The molecule has 0 aliphatic carbocycles. The molecule has 0 saturated heterocycles. The van der Waals surface area contributed by atoms with Crippen LogP contribution in [0.25, 0.3) is 0 Å². The number of hydrogen-bond acceptors (Lipinski definition) is 3. The van der Waals surface area contributed by atoms with E-state index in [1.807, 2.05) is 26.0 Å². The summed E-state index contributed by atoms with van der Waals surface area (Å²) in [5.41, 5.74) is 5.09. The number of carbonyl (C=O) groups excluding carboxylic acids is 1. The van der Waals surface area contributed by atoms with Crippen molar-refractivity contribution in [3.63, 3.8) is 0 Å². The first-order valence-electron chi connectivity index (χ1n) is 4.43. The zero-order valence-corrected chi connectivity index (χ0v) is 9.91. The lowest BCUT2D eigenvalue weighted by Crippen LogP contribution is -2.33. The molecule has 1 heterocycles. The van der Waals surface area contributed by atoms with Gasteiger partial charge in [-0.15, -0.1) is 11.3 Å². The summed E-state index contributed by atoms with van der Waals surface area (Å²) in [4.78, 5) is 12.8. The molecule has 0 fully saturated rings. The molecule has 0 bridgehead atoms. The fraction of sp³-hybridized carbons (Fsp3) is 0.500. The van der Waals surface area contributed by atoms with Crippen LogP contribution in [0.15, 0.2) is 12.1 Å². The van der Waals surface area contributed by atoms with Crippen molar-refractivity contribution in [2.75, 3.05) is 6.54 Å². The smallest absolute Gasteiger partial charge is 0.144 e. The molecule has 0 aliphatic heterocycles. The minimum Gasteiger partial charge on any atom is -0.329 e. The minimum absolute atomic E-state index is 0.165. The number of nitrogens with two attached hydrogens (primary N) is 1. The number of thiophene rings is 1. The lowest BCUT2D eigenvalue weighted by atomic mass is 9.86. The molecule has 0 unspecified atom stereocenters. The zero-order chi connectivity index (χ0) is 10.8. The van der Waals surface area contributed by atoms with Crippen molar-refractivity contribution in [3.8, 4) is 0 Å². The Labute approximate surface area is 93.1 Å². The third-order valence-electron chi connectivity index (χ3n) is 2.23. The van der Waals surface area contributed by atoms with Gasteiger partial charge in [-0.05, 0) is 12.1 Å². The molecule has 0 radical (unpaired) electrons. The maximum absolute atomic E-state index is 11.8. The van der Waals surface area contributed by atoms with Crippen LogP contribution in [0.3, 0.4) is 0 Å². The highest BCUT2D eigenvalue weighted by molar-refractivity contribution is 7.16. The number of carbonyl (C=O) groups is 1. The van der Waals surface area contributed by atoms with Gasteiger partial charge in [0.05, 0.1) is 4.34 Å². The van der Waals surface area contributed by atoms with E-state index in [0.717, 1.165) is 9.21 Å². The molecule has 2 nitrogen and oxygen atoms in total. The van der Waals surface area contributed by atoms with Crippen molar-refractivity contribution < 1.29 is 4.79 Å². The van der Waals surface area contributed by atoms with E-state index < -0.39 is 5.41 Å². The fourth-order valence-corrected chi connectivity index (χ4v) is 2.04. The molecule has 14 heavy (non-hydrogen) atoms. The summed E-state index contributed by atoms with van der Waals surface area (Å²) in [6, 6.07) is 3.70. The monoisotopic (exact) mass is 231 g/mol. The highest BCUT2D eigenvalue weighted by atomic mass is 35.5. The van der Waals surface area contributed by atoms with Gasteiger partial charge in [0.15, 0.2) is 0 Å². The van der Waals surface area contributed by atoms with Crippen molar-refractivity contribution in [1.82, 2.24) is 0 Å².